The maximum absolute atomic E-state index is 13.0. The lowest BCUT2D eigenvalue weighted by molar-refractivity contribution is -0.145. The van der Waals surface area contributed by atoms with Gasteiger partial charge in [0.1, 0.15) is 0 Å². The van der Waals surface area contributed by atoms with E-state index in [-0.39, 0.29) is 12.0 Å². The molecule has 0 saturated heterocycles. The Balaban J connectivity index is 1.20. The van der Waals surface area contributed by atoms with Crippen LogP contribution in [0.25, 0.3) is 0 Å². The Bertz CT molecular complexity index is 996. The van der Waals surface area contributed by atoms with Crippen LogP contribution in [0, 0.1) is 46.3 Å². The summed E-state index contributed by atoms with van der Waals surface area (Å²) in [4.78, 5) is 25.4. The van der Waals surface area contributed by atoms with Gasteiger partial charge in [-0.1, -0.05) is 51.1 Å². The van der Waals surface area contributed by atoms with Crippen molar-refractivity contribution in [1.29, 1.82) is 0 Å². The first kappa shape index (κ1) is 27.7. The number of carbonyl (C=O) groups is 2. The molecule has 0 radical (unpaired) electrons. The summed E-state index contributed by atoms with van der Waals surface area (Å²) in [5.41, 5.74) is 1.53. The molecule has 210 valence electrons. The maximum atomic E-state index is 13.0. The zero-order chi connectivity index (χ0) is 27.1. The third-order valence-electron chi connectivity index (χ3n) is 12.1. The van der Waals surface area contributed by atoms with E-state index in [0.717, 1.165) is 42.6 Å². The van der Waals surface area contributed by atoms with Crippen LogP contribution in [-0.4, -0.2) is 30.2 Å². The molecule has 5 rings (SSSR count). The lowest BCUT2D eigenvalue weighted by Gasteiger charge is -2.61. The Morgan fingerprint density at radius 2 is 1.71 bits per heavy atom. The Hall–Kier alpha value is -1.88. The Kier molecular flexibility index (Phi) is 7.97. The maximum Gasteiger partial charge on any atom is 0.333 e. The fourth-order valence-electron chi connectivity index (χ4n) is 10.0. The van der Waals surface area contributed by atoms with Crippen LogP contribution in [0.4, 0.5) is 0 Å². The molecule has 4 saturated carbocycles. The van der Waals surface area contributed by atoms with Gasteiger partial charge in [0.25, 0.3) is 0 Å². The first-order valence-electron chi connectivity index (χ1n) is 15.3. The van der Waals surface area contributed by atoms with Gasteiger partial charge in [-0.3, -0.25) is 4.79 Å². The lowest BCUT2D eigenvalue weighted by Crippen LogP contribution is -2.54. The normalized spacial score (nSPS) is 39.7. The SMILES string of the molecule is COC(=O)[C@@H](NC(=O)CC[C@@H](C)[C@H]1CC[C@H]2[C@@H]3CC[C@@H]4C[C@H](O)CC[C@]4(C)[C@H]3CC[C@]12C)c1ccccc1. The largest absolute Gasteiger partial charge is 0.467 e. The van der Waals surface area contributed by atoms with Crippen molar-refractivity contribution in [1.82, 2.24) is 5.32 Å². The number of aliphatic hydroxyl groups excluding tert-OH is 1. The molecule has 0 aliphatic heterocycles. The van der Waals surface area contributed by atoms with Crippen LogP contribution in [0.3, 0.4) is 0 Å². The van der Waals surface area contributed by atoms with Crippen LogP contribution < -0.4 is 5.32 Å². The quantitative estimate of drug-likeness (QED) is 0.403. The second kappa shape index (κ2) is 10.9. The number of rotatable bonds is 7. The molecule has 0 bridgehead atoms. The van der Waals surface area contributed by atoms with Crippen molar-refractivity contribution < 1.29 is 19.4 Å². The van der Waals surface area contributed by atoms with Crippen LogP contribution in [0.1, 0.15) is 103 Å². The minimum Gasteiger partial charge on any atom is -0.467 e. The average molecular weight is 524 g/mol. The highest BCUT2D eigenvalue weighted by Crippen LogP contribution is 2.68. The van der Waals surface area contributed by atoms with E-state index in [1.54, 1.807) is 0 Å². The Morgan fingerprint density at radius 3 is 2.45 bits per heavy atom. The van der Waals surface area contributed by atoms with Gasteiger partial charge >= 0.3 is 5.97 Å². The molecule has 10 atom stereocenters. The van der Waals surface area contributed by atoms with E-state index in [0.29, 0.717) is 35.0 Å². The monoisotopic (exact) mass is 523 g/mol. The van der Waals surface area contributed by atoms with Crippen molar-refractivity contribution in [2.45, 2.75) is 104 Å². The van der Waals surface area contributed by atoms with E-state index in [1.807, 2.05) is 30.3 Å². The van der Waals surface area contributed by atoms with Crippen molar-refractivity contribution in [2.24, 2.45) is 46.3 Å². The number of carbonyl (C=O) groups excluding carboxylic acids is 2. The number of ether oxygens (including phenoxy) is 1. The first-order valence-corrected chi connectivity index (χ1v) is 15.3. The van der Waals surface area contributed by atoms with E-state index in [2.05, 4.69) is 26.1 Å². The summed E-state index contributed by atoms with van der Waals surface area (Å²) in [6.45, 7) is 7.49. The highest BCUT2D eigenvalue weighted by molar-refractivity contribution is 5.85. The summed E-state index contributed by atoms with van der Waals surface area (Å²) in [5.74, 6) is 3.78. The van der Waals surface area contributed by atoms with Gasteiger partial charge in [0.15, 0.2) is 6.04 Å². The molecule has 4 aliphatic rings. The zero-order valence-corrected chi connectivity index (χ0v) is 24.0. The Labute approximate surface area is 229 Å². The molecule has 1 aromatic rings. The minimum absolute atomic E-state index is 0.0785. The molecule has 0 aromatic heterocycles. The lowest BCUT2D eigenvalue weighted by atomic mass is 9.44. The predicted molar refractivity (Wildman–Crippen MR) is 149 cm³/mol. The van der Waals surface area contributed by atoms with Gasteiger partial charge < -0.3 is 15.2 Å². The molecule has 2 N–H and O–H groups in total. The van der Waals surface area contributed by atoms with Gasteiger partial charge in [0, 0.05) is 6.42 Å². The molecule has 1 aromatic carbocycles. The third kappa shape index (κ3) is 4.93. The van der Waals surface area contributed by atoms with Crippen LogP contribution in [0.15, 0.2) is 30.3 Å². The molecule has 38 heavy (non-hydrogen) atoms. The molecule has 1 amide bonds. The average Bonchev–Trinajstić information content (AvgIpc) is 3.28. The summed E-state index contributed by atoms with van der Waals surface area (Å²) in [6, 6.07) is 8.58. The van der Waals surface area contributed by atoms with Gasteiger partial charge in [0.05, 0.1) is 13.2 Å². The molecule has 0 spiro atoms. The number of aliphatic hydroxyl groups is 1. The number of hydrogen-bond acceptors (Lipinski definition) is 4. The topological polar surface area (TPSA) is 75.6 Å². The van der Waals surface area contributed by atoms with E-state index in [9.17, 15) is 14.7 Å². The second-order valence-electron chi connectivity index (χ2n) is 13.8. The van der Waals surface area contributed by atoms with Gasteiger partial charge in [-0.25, -0.2) is 4.79 Å². The fourth-order valence-corrected chi connectivity index (χ4v) is 10.0. The number of esters is 1. The van der Waals surface area contributed by atoms with Crippen molar-refractivity contribution in [2.75, 3.05) is 7.11 Å². The van der Waals surface area contributed by atoms with Crippen LogP contribution >= 0.6 is 0 Å². The summed E-state index contributed by atoms with van der Waals surface area (Å²) in [7, 11) is 1.36. The first-order chi connectivity index (χ1) is 18.2. The number of benzene rings is 1. The van der Waals surface area contributed by atoms with Crippen LogP contribution in [0.5, 0.6) is 0 Å². The summed E-state index contributed by atoms with van der Waals surface area (Å²) in [6.07, 6.45) is 12.3. The molecule has 4 aliphatic carbocycles. The molecule has 4 fully saturated rings. The van der Waals surface area contributed by atoms with Crippen molar-refractivity contribution in [3.05, 3.63) is 35.9 Å². The molecule has 5 nitrogen and oxygen atoms in total. The van der Waals surface area contributed by atoms with Crippen molar-refractivity contribution >= 4 is 11.9 Å². The van der Waals surface area contributed by atoms with E-state index in [4.69, 9.17) is 4.74 Å². The van der Waals surface area contributed by atoms with E-state index < -0.39 is 12.0 Å². The molecule has 0 unspecified atom stereocenters. The summed E-state index contributed by atoms with van der Waals surface area (Å²) in [5, 5.41) is 13.3. The number of hydrogen-bond donors (Lipinski definition) is 2. The molecular formula is C33H49NO4. The predicted octanol–water partition coefficient (Wildman–Crippen LogP) is 6.45. The Morgan fingerprint density at radius 1 is 1.00 bits per heavy atom. The number of amides is 1. The number of methoxy groups -OCH3 is 1. The van der Waals surface area contributed by atoms with Gasteiger partial charge in [-0.2, -0.15) is 0 Å². The van der Waals surface area contributed by atoms with Gasteiger partial charge in [-0.05, 0) is 116 Å². The highest BCUT2D eigenvalue weighted by atomic mass is 16.5. The highest BCUT2D eigenvalue weighted by Gasteiger charge is 2.60. The summed E-state index contributed by atoms with van der Waals surface area (Å²) < 4.78 is 4.97. The number of nitrogens with one attached hydrogen (secondary N) is 1. The van der Waals surface area contributed by atoms with Crippen molar-refractivity contribution in [3.8, 4) is 0 Å². The smallest absolute Gasteiger partial charge is 0.333 e. The van der Waals surface area contributed by atoms with Crippen LogP contribution in [0.2, 0.25) is 0 Å². The van der Waals surface area contributed by atoms with E-state index in [1.165, 1.54) is 52.1 Å². The molecular weight excluding hydrogens is 474 g/mol. The molecule has 0 heterocycles. The third-order valence-corrected chi connectivity index (χ3v) is 12.1. The van der Waals surface area contributed by atoms with E-state index >= 15 is 0 Å². The van der Waals surface area contributed by atoms with Gasteiger partial charge in [-0.15, -0.1) is 0 Å². The molecule has 5 heteroatoms. The standard InChI is InChI=1S/C33H49NO4/c1-21(10-15-29(36)34-30(31(37)38-4)22-8-6-5-7-9-22)26-13-14-27-25-12-11-23-20-24(35)16-18-32(23,2)28(25)17-19-33(26,27)3/h5-9,21,23-28,30,35H,10-20H2,1-4H3,(H,34,36)/t21-,23-,24-,25+,26-,27+,28+,30+,32+,33-/m1/s1. The number of fused-ring (bicyclic) bond motifs is 5. The fraction of sp³-hybridized carbons (Fsp3) is 0.758. The minimum atomic E-state index is -0.759. The van der Waals surface area contributed by atoms with Gasteiger partial charge in [0.2, 0.25) is 5.91 Å². The zero-order valence-electron chi connectivity index (χ0n) is 24.0. The summed E-state index contributed by atoms with van der Waals surface area (Å²) >= 11 is 0. The van der Waals surface area contributed by atoms with Crippen LogP contribution in [-0.2, 0) is 14.3 Å². The van der Waals surface area contributed by atoms with Crippen molar-refractivity contribution in [3.63, 3.8) is 0 Å². The second-order valence-corrected chi connectivity index (χ2v) is 13.8.